The quantitative estimate of drug-likeness (QED) is 0.578. The number of aryl methyl sites for hydroxylation is 1. The number of aromatic nitrogens is 3. The Balaban J connectivity index is 1.48. The van der Waals surface area contributed by atoms with Crippen LogP contribution in [0.4, 0.5) is 16.2 Å². The maximum Gasteiger partial charge on any atom is 0.414 e. The molecule has 31 heavy (non-hydrogen) atoms. The van der Waals surface area contributed by atoms with E-state index in [1.807, 2.05) is 45.0 Å². The molecule has 2 aromatic heterocycles. The zero-order valence-electron chi connectivity index (χ0n) is 18.0. The highest BCUT2D eigenvalue weighted by molar-refractivity contribution is 5.89. The number of carbonyl (C=O) groups is 1. The Kier molecular flexibility index (Phi) is 4.30. The zero-order chi connectivity index (χ0) is 21.8. The van der Waals surface area contributed by atoms with Crippen molar-refractivity contribution in [1.82, 2.24) is 15.0 Å². The van der Waals surface area contributed by atoms with Crippen LogP contribution in [0.1, 0.15) is 57.2 Å². The molecule has 1 aromatic carbocycles. The van der Waals surface area contributed by atoms with Crippen molar-refractivity contribution >= 4 is 28.5 Å². The zero-order valence-corrected chi connectivity index (χ0v) is 18.0. The number of fused-ring (bicyclic) bond motifs is 2. The molecule has 1 amide bonds. The summed E-state index contributed by atoms with van der Waals surface area (Å²) in [5.41, 5.74) is 4.35. The van der Waals surface area contributed by atoms with Gasteiger partial charge in [-0.15, -0.1) is 0 Å². The van der Waals surface area contributed by atoms with Crippen LogP contribution in [0.3, 0.4) is 0 Å². The predicted octanol–water partition coefficient (Wildman–Crippen LogP) is 5.28. The van der Waals surface area contributed by atoms with Crippen LogP contribution in [0.15, 0.2) is 30.3 Å². The number of rotatable bonds is 2. The number of benzene rings is 1. The highest BCUT2D eigenvalue weighted by Crippen LogP contribution is 2.52. The SMILES string of the molecule is [C-]#[N+]c1ccc2nc(C3(c4ccc5c(n4)CCCN5C(=O)OC(C)(C)C)CC3)[nH]c2c1. The highest BCUT2D eigenvalue weighted by Gasteiger charge is 2.50. The highest BCUT2D eigenvalue weighted by atomic mass is 16.6. The van der Waals surface area contributed by atoms with E-state index in [-0.39, 0.29) is 11.5 Å². The number of anilines is 1. The number of carbonyl (C=O) groups excluding carboxylic acids is 1. The van der Waals surface area contributed by atoms with Crippen LogP contribution >= 0.6 is 0 Å². The molecule has 1 fully saturated rings. The van der Waals surface area contributed by atoms with Crippen molar-refractivity contribution in [1.29, 1.82) is 0 Å². The van der Waals surface area contributed by atoms with E-state index in [1.165, 1.54) is 0 Å². The molecule has 7 heteroatoms. The molecule has 0 bridgehead atoms. The summed E-state index contributed by atoms with van der Waals surface area (Å²) in [5, 5.41) is 0. The van der Waals surface area contributed by atoms with Crippen LogP contribution in [-0.2, 0) is 16.6 Å². The van der Waals surface area contributed by atoms with E-state index in [2.05, 4.69) is 9.83 Å². The Hall–Kier alpha value is -3.40. The topological polar surface area (TPSA) is 75.5 Å². The molecule has 0 atom stereocenters. The van der Waals surface area contributed by atoms with Gasteiger partial charge < -0.3 is 9.72 Å². The molecule has 0 radical (unpaired) electrons. The molecule has 0 unspecified atom stereocenters. The van der Waals surface area contributed by atoms with Crippen molar-refractivity contribution < 1.29 is 9.53 Å². The molecule has 1 aliphatic carbocycles. The molecule has 1 aliphatic heterocycles. The lowest BCUT2D eigenvalue weighted by Crippen LogP contribution is -2.40. The summed E-state index contributed by atoms with van der Waals surface area (Å²) in [6.07, 6.45) is 3.33. The van der Waals surface area contributed by atoms with E-state index >= 15 is 0 Å². The number of amides is 1. The molecule has 158 valence electrons. The molecule has 7 nitrogen and oxygen atoms in total. The number of nitrogens with one attached hydrogen (secondary N) is 1. The summed E-state index contributed by atoms with van der Waals surface area (Å²) in [4.78, 5) is 31.1. The molecule has 5 rings (SSSR count). The van der Waals surface area contributed by atoms with Crippen LogP contribution in [0, 0.1) is 6.57 Å². The number of imidazole rings is 1. The number of H-pyrrole nitrogens is 1. The van der Waals surface area contributed by atoms with Gasteiger partial charge >= 0.3 is 6.09 Å². The first-order valence-corrected chi connectivity index (χ1v) is 10.7. The Bertz CT molecular complexity index is 1230. The Morgan fingerprint density at radius 1 is 1.23 bits per heavy atom. The van der Waals surface area contributed by atoms with Crippen LogP contribution in [0.5, 0.6) is 0 Å². The van der Waals surface area contributed by atoms with Crippen LogP contribution < -0.4 is 4.90 Å². The standard InChI is InChI=1S/C24H25N5O2/c1-23(2,3)31-22(30)29-13-5-6-17-19(29)9-10-20(26-17)24(11-12-24)21-27-16-8-7-15(25-4)14-18(16)28-21/h7-10,14H,5-6,11-13H2,1-3H3,(H,27,28). The maximum absolute atomic E-state index is 12.7. The fourth-order valence-electron chi connectivity index (χ4n) is 4.26. The Morgan fingerprint density at radius 2 is 2.03 bits per heavy atom. The number of nitrogens with zero attached hydrogens (tertiary/aromatic N) is 4. The minimum absolute atomic E-state index is 0.222. The first-order valence-electron chi connectivity index (χ1n) is 10.7. The van der Waals surface area contributed by atoms with Crippen LogP contribution in [-0.4, -0.2) is 33.2 Å². The number of hydrogen-bond acceptors (Lipinski definition) is 4. The van der Waals surface area contributed by atoms with Crippen LogP contribution in [0.2, 0.25) is 0 Å². The van der Waals surface area contributed by atoms with Crippen molar-refractivity contribution in [2.75, 3.05) is 11.4 Å². The van der Waals surface area contributed by atoms with Crippen molar-refractivity contribution in [3.8, 4) is 0 Å². The maximum atomic E-state index is 12.7. The number of pyridine rings is 1. The summed E-state index contributed by atoms with van der Waals surface area (Å²) >= 11 is 0. The van der Waals surface area contributed by atoms with Gasteiger partial charge in [0.15, 0.2) is 5.69 Å². The molecule has 1 saturated carbocycles. The second kappa shape index (κ2) is 6.81. The van der Waals surface area contributed by atoms with Gasteiger partial charge in [-0.25, -0.2) is 14.6 Å². The molecule has 2 aliphatic rings. The summed E-state index contributed by atoms with van der Waals surface area (Å²) in [6.45, 7) is 13.5. The molecule has 1 N–H and O–H groups in total. The fraction of sp³-hybridized carbons (Fsp3) is 0.417. The average molecular weight is 415 g/mol. The predicted molar refractivity (Wildman–Crippen MR) is 119 cm³/mol. The molecule has 3 aromatic rings. The van der Waals surface area contributed by atoms with E-state index in [1.54, 1.807) is 11.0 Å². The minimum atomic E-state index is -0.533. The third-order valence-electron chi connectivity index (χ3n) is 5.94. The van der Waals surface area contributed by atoms with Gasteiger partial charge in [0.1, 0.15) is 11.4 Å². The van der Waals surface area contributed by atoms with Gasteiger partial charge in [-0.1, -0.05) is 6.07 Å². The van der Waals surface area contributed by atoms with E-state index in [0.717, 1.165) is 59.6 Å². The summed E-state index contributed by atoms with van der Waals surface area (Å²) in [6, 6.07) is 9.54. The second-order valence-electron chi connectivity index (χ2n) is 9.38. The third-order valence-corrected chi connectivity index (χ3v) is 5.94. The fourth-order valence-corrected chi connectivity index (χ4v) is 4.26. The Labute approximate surface area is 181 Å². The van der Waals surface area contributed by atoms with Crippen molar-refractivity contribution in [3.05, 3.63) is 59.0 Å². The second-order valence-corrected chi connectivity index (χ2v) is 9.38. The normalized spacial score (nSPS) is 17.2. The summed E-state index contributed by atoms with van der Waals surface area (Å²) in [7, 11) is 0. The number of aromatic amines is 1. The van der Waals surface area contributed by atoms with Gasteiger partial charge in [-0.3, -0.25) is 9.88 Å². The lowest BCUT2D eigenvalue weighted by atomic mass is 9.98. The van der Waals surface area contributed by atoms with E-state index < -0.39 is 5.60 Å². The van der Waals surface area contributed by atoms with Gasteiger partial charge in [0.2, 0.25) is 0 Å². The Morgan fingerprint density at radius 3 is 2.74 bits per heavy atom. The number of hydrogen-bond donors (Lipinski definition) is 1. The first kappa shape index (κ1) is 19.6. The smallest absolute Gasteiger partial charge is 0.414 e. The molecular formula is C24H25N5O2. The van der Waals surface area contributed by atoms with Gasteiger partial charge in [0, 0.05) is 6.54 Å². The first-order chi connectivity index (χ1) is 14.8. The van der Waals surface area contributed by atoms with E-state index in [0.29, 0.717) is 12.2 Å². The minimum Gasteiger partial charge on any atom is -0.443 e. The van der Waals surface area contributed by atoms with Crippen LogP contribution in [0.25, 0.3) is 15.9 Å². The number of ether oxygens (including phenoxy) is 1. The lowest BCUT2D eigenvalue weighted by Gasteiger charge is -2.31. The molecule has 0 saturated heterocycles. The van der Waals surface area contributed by atoms with Gasteiger partial charge in [0.05, 0.1) is 40.1 Å². The van der Waals surface area contributed by atoms with E-state index in [4.69, 9.17) is 21.3 Å². The van der Waals surface area contributed by atoms with Gasteiger partial charge in [0.25, 0.3) is 0 Å². The van der Waals surface area contributed by atoms with Gasteiger partial charge in [-0.2, -0.15) is 0 Å². The van der Waals surface area contributed by atoms with Gasteiger partial charge in [-0.05, 0) is 70.7 Å². The third kappa shape index (κ3) is 3.42. The lowest BCUT2D eigenvalue weighted by molar-refractivity contribution is 0.0577. The van der Waals surface area contributed by atoms with E-state index in [9.17, 15) is 4.79 Å². The van der Waals surface area contributed by atoms with Crippen molar-refractivity contribution in [3.63, 3.8) is 0 Å². The summed E-state index contributed by atoms with van der Waals surface area (Å²) < 4.78 is 5.59. The monoisotopic (exact) mass is 415 g/mol. The molecule has 3 heterocycles. The van der Waals surface area contributed by atoms with Crippen molar-refractivity contribution in [2.45, 2.75) is 57.5 Å². The summed E-state index contributed by atoms with van der Waals surface area (Å²) in [5.74, 6) is 0.900. The largest absolute Gasteiger partial charge is 0.443 e. The average Bonchev–Trinajstić information content (AvgIpc) is 3.44. The van der Waals surface area contributed by atoms with Crippen molar-refractivity contribution in [2.24, 2.45) is 0 Å². The molecule has 0 spiro atoms. The molecular weight excluding hydrogens is 390 g/mol.